The first kappa shape index (κ1) is 12.9. The Morgan fingerprint density at radius 2 is 2.00 bits per heavy atom. The fourth-order valence-corrected chi connectivity index (χ4v) is 3.38. The zero-order valence-electron chi connectivity index (χ0n) is 12.1. The van der Waals surface area contributed by atoms with E-state index in [1.807, 2.05) is 0 Å². The molecule has 19 heavy (non-hydrogen) atoms. The number of ether oxygens (including phenoxy) is 1. The second-order valence-electron chi connectivity index (χ2n) is 6.46. The van der Waals surface area contributed by atoms with Crippen LogP contribution in [-0.2, 0) is 4.74 Å². The highest BCUT2D eigenvalue weighted by atomic mass is 16.5. The predicted molar refractivity (Wildman–Crippen MR) is 78.5 cm³/mol. The van der Waals surface area contributed by atoms with Crippen molar-refractivity contribution in [2.75, 3.05) is 0 Å². The molecule has 1 fully saturated rings. The number of nitrogens with zero attached hydrogens (tertiary/aromatic N) is 1. The summed E-state index contributed by atoms with van der Waals surface area (Å²) in [5.41, 5.74) is 2.28. The van der Waals surface area contributed by atoms with E-state index in [2.05, 4.69) is 51.1 Å². The van der Waals surface area contributed by atoms with Gasteiger partial charge in [0.25, 0.3) is 0 Å². The van der Waals surface area contributed by atoms with E-state index >= 15 is 0 Å². The van der Waals surface area contributed by atoms with Crippen molar-refractivity contribution >= 4 is 5.71 Å². The normalized spacial score (nSPS) is 32.8. The molecular formula is C17H23NO. The molecule has 2 heteroatoms. The highest BCUT2D eigenvalue weighted by Gasteiger charge is 2.55. The molecule has 2 aliphatic rings. The van der Waals surface area contributed by atoms with Gasteiger partial charge in [-0.05, 0) is 31.2 Å². The number of rotatable bonds is 2. The van der Waals surface area contributed by atoms with Crippen molar-refractivity contribution in [1.29, 1.82) is 0 Å². The van der Waals surface area contributed by atoms with Gasteiger partial charge in [0.05, 0.1) is 6.10 Å². The molecule has 0 aliphatic carbocycles. The summed E-state index contributed by atoms with van der Waals surface area (Å²) in [5.74, 6) is 0. The van der Waals surface area contributed by atoms with E-state index in [9.17, 15) is 0 Å². The number of aliphatic imine (C=N–C) groups is 1. The van der Waals surface area contributed by atoms with Crippen LogP contribution < -0.4 is 0 Å². The summed E-state index contributed by atoms with van der Waals surface area (Å²) < 4.78 is 6.34. The Labute approximate surface area is 115 Å². The van der Waals surface area contributed by atoms with Gasteiger partial charge in [-0.2, -0.15) is 0 Å². The lowest BCUT2D eigenvalue weighted by Gasteiger charge is -2.35. The van der Waals surface area contributed by atoms with Crippen molar-refractivity contribution in [3.63, 3.8) is 0 Å². The first-order valence-electron chi connectivity index (χ1n) is 7.38. The van der Waals surface area contributed by atoms with Gasteiger partial charge in [0.2, 0.25) is 0 Å². The third kappa shape index (κ3) is 2.02. The first-order chi connectivity index (χ1) is 9.06. The summed E-state index contributed by atoms with van der Waals surface area (Å²) in [6.07, 6.45) is 4.69. The molecule has 2 atom stereocenters. The molecule has 0 amide bonds. The van der Waals surface area contributed by atoms with Crippen molar-refractivity contribution in [2.24, 2.45) is 10.4 Å². The van der Waals surface area contributed by atoms with Crippen LogP contribution in [0.3, 0.4) is 0 Å². The van der Waals surface area contributed by atoms with E-state index in [4.69, 9.17) is 9.73 Å². The van der Waals surface area contributed by atoms with E-state index < -0.39 is 0 Å². The molecular weight excluding hydrogens is 234 g/mol. The van der Waals surface area contributed by atoms with E-state index in [-0.39, 0.29) is 11.1 Å². The van der Waals surface area contributed by atoms with Gasteiger partial charge in [-0.3, -0.25) is 4.99 Å². The Balaban J connectivity index is 1.94. The minimum absolute atomic E-state index is 0.0993. The van der Waals surface area contributed by atoms with Gasteiger partial charge in [-0.25, -0.2) is 0 Å². The first-order valence-corrected chi connectivity index (χ1v) is 7.38. The van der Waals surface area contributed by atoms with E-state index in [1.54, 1.807) is 0 Å². The molecule has 1 spiro atoms. The van der Waals surface area contributed by atoms with Crippen molar-refractivity contribution in [2.45, 2.75) is 58.3 Å². The van der Waals surface area contributed by atoms with Crippen LogP contribution in [0.5, 0.6) is 0 Å². The summed E-state index contributed by atoms with van der Waals surface area (Å²) in [5, 5.41) is 0. The van der Waals surface area contributed by atoms with Gasteiger partial charge >= 0.3 is 0 Å². The lowest BCUT2D eigenvalue weighted by atomic mass is 9.78. The predicted octanol–water partition coefficient (Wildman–Crippen LogP) is 4.19. The molecule has 0 saturated carbocycles. The molecule has 3 rings (SSSR count). The van der Waals surface area contributed by atoms with Gasteiger partial charge in [0.15, 0.2) is 5.72 Å². The molecule has 0 N–H and O–H groups in total. The van der Waals surface area contributed by atoms with Crippen LogP contribution in [0, 0.1) is 5.41 Å². The maximum absolute atomic E-state index is 6.34. The summed E-state index contributed by atoms with van der Waals surface area (Å²) in [4.78, 5) is 5.03. The SMILES string of the molecule is CCC1CCC2(N=C(c3ccccc3)CC2(C)C)O1. The third-order valence-electron chi connectivity index (χ3n) is 4.71. The zero-order valence-corrected chi connectivity index (χ0v) is 12.1. The van der Waals surface area contributed by atoms with E-state index in [0.717, 1.165) is 25.7 Å². The van der Waals surface area contributed by atoms with Gasteiger partial charge in [-0.15, -0.1) is 0 Å². The van der Waals surface area contributed by atoms with Crippen LogP contribution in [0.25, 0.3) is 0 Å². The standard InChI is InChI=1S/C17H23NO/c1-4-14-10-11-17(19-14)16(2,3)12-15(18-17)13-8-6-5-7-9-13/h5-9,14H,4,10-12H2,1-3H3. The average molecular weight is 257 g/mol. The Morgan fingerprint density at radius 1 is 1.26 bits per heavy atom. The van der Waals surface area contributed by atoms with Crippen LogP contribution in [0.2, 0.25) is 0 Å². The molecule has 0 radical (unpaired) electrons. The number of hydrogen-bond acceptors (Lipinski definition) is 2. The summed E-state index contributed by atoms with van der Waals surface area (Å²) in [6.45, 7) is 6.79. The Morgan fingerprint density at radius 3 is 2.63 bits per heavy atom. The Bertz CT molecular complexity index is 491. The largest absolute Gasteiger partial charge is 0.350 e. The van der Waals surface area contributed by atoms with Crippen LogP contribution in [0.1, 0.15) is 52.0 Å². The average Bonchev–Trinajstić information content (AvgIpc) is 2.94. The number of benzene rings is 1. The fourth-order valence-electron chi connectivity index (χ4n) is 3.38. The molecule has 1 aromatic carbocycles. The summed E-state index contributed by atoms with van der Waals surface area (Å²) >= 11 is 0. The summed E-state index contributed by atoms with van der Waals surface area (Å²) in [6, 6.07) is 10.5. The quantitative estimate of drug-likeness (QED) is 0.778. The zero-order chi connectivity index (χ0) is 13.5. The lowest BCUT2D eigenvalue weighted by molar-refractivity contribution is -0.0984. The van der Waals surface area contributed by atoms with Crippen LogP contribution >= 0.6 is 0 Å². The molecule has 2 heterocycles. The second kappa shape index (κ2) is 4.45. The number of hydrogen-bond donors (Lipinski definition) is 0. The summed E-state index contributed by atoms with van der Waals surface area (Å²) in [7, 11) is 0. The van der Waals surface area contributed by atoms with Gasteiger partial charge in [0, 0.05) is 11.1 Å². The van der Waals surface area contributed by atoms with Crippen molar-refractivity contribution in [1.82, 2.24) is 0 Å². The van der Waals surface area contributed by atoms with Crippen molar-refractivity contribution in [3.8, 4) is 0 Å². The highest BCUT2D eigenvalue weighted by molar-refractivity contribution is 6.02. The van der Waals surface area contributed by atoms with Gasteiger partial charge in [0.1, 0.15) is 0 Å². The molecule has 2 unspecified atom stereocenters. The minimum atomic E-state index is -0.279. The molecule has 1 saturated heterocycles. The molecule has 0 bridgehead atoms. The molecule has 0 aromatic heterocycles. The maximum atomic E-state index is 6.34. The monoisotopic (exact) mass is 257 g/mol. The molecule has 102 valence electrons. The van der Waals surface area contributed by atoms with Crippen LogP contribution in [0.4, 0.5) is 0 Å². The van der Waals surface area contributed by atoms with E-state index in [0.29, 0.717) is 6.10 Å². The Hall–Kier alpha value is -1.15. The smallest absolute Gasteiger partial charge is 0.165 e. The second-order valence-corrected chi connectivity index (χ2v) is 6.46. The topological polar surface area (TPSA) is 21.6 Å². The van der Waals surface area contributed by atoms with Crippen LogP contribution in [-0.4, -0.2) is 17.5 Å². The molecule has 2 aliphatic heterocycles. The van der Waals surface area contributed by atoms with Gasteiger partial charge in [-0.1, -0.05) is 51.1 Å². The Kier molecular flexibility index (Phi) is 3.01. The molecule has 1 aromatic rings. The highest BCUT2D eigenvalue weighted by Crippen LogP contribution is 2.52. The van der Waals surface area contributed by atoms with Crippen molar-refractivity contribution in [3.05, 3.63) is 35.9 Å². The lowest BCUT2D eigenvalue weighted by Crippen LogP contribution is -2.39. The van der Waals surface area contributed by atoms with Crippen molar-refractivity contribution < 1.29 is 4.74 Å². The third-order valence-corrected chi connectivity index (χ3v) is 4.71. The minimum Gasteiger partial charge on any atom is -0.350 e. The van der Waals surface area contributed by atoms with Crippen LogP contribution in [0.15, 0.2) is 35.3 Å². The molecule has 2 nitrogen and oxygen atoms in total. The maximum Gasteiger partial charge on any atom is 0.165 e. The van der Waals surface area contributed by atoms with Gasteiger partial charge < -0.3 is 4.74 Å². The fraction of sp³-hybridized carbons (Fsp3) is 0.588. The van der Waals surface area contributed by atoms with E-state index in [1.165, 1.54) is 11.3 Å².